The van der Waals surface area contributed by atoms with Crippen molar-refractivity contribution in [1.29, 1.82) is 0 Å². The number of nitrogens with zero attached hydrogens (tertiary/aromatic N) is 4. The van der Waals surface area contributed by atoms with Crippen LogP contribution in [0.5, 0.6) is 0 Å². The summed E-state index contributed by atoms with van der Waals surface area (Å²) in [5, 5.41) is 1.52. The number of piperazine rings is 1. The molecular weight excluding hydrogens is 416 g/mol. The Kier molecular flexibility index (Phi) is 5.04. The van der Waals surface area contributed by atoms with Gasteiger partial charge in [-0.2, -0.15) is 0 Å². The largest absolute Gasteiger partial charge is 0.368 e. The molecule has 0 radical (unpaired) electrons. The first-order valence-electron chi connectivity index (χ1n) is 11.1. The molecule has 33 heavy (non-hydrogen) atoms. The van der Waals surface area contributed by atoms with Gasteiger partial charge in [0.05, 0.1) is 16.4 Å². The van der Waals surface area contributed by atoms with Crippen LogP contribution < -0.4 is 10.5 Å². The van der Waals surface area contributed by atoms with Crippen LogP contribution in [0.25, 0.3) is 21.8 Å². The predicted molar refractivity (Wildman–Crippen MR) is 130 cm³/mol. The van der Waals surface area contributed by atoms with Gasteiger partial charge in [0.1, 0.15) is 5.69 Å². The van der Waals surface area contributed by atoms with Gasteiger partial charge in [0.25, 0.3) is 11.5 Å². The number of pyridine rings is 1. The Hall–Kier alpha value is -3.87. The summed E-state index contributed by atoms with van der Waals surface area (Å²) in [5.74, 6) is -0.0130. The van der Waals surface area contributed by atoms with Gasteiger partial charge in [0.2, 0.25) is 0 Å². The van der Waals surface area contributed by atoms with Crippen LogP contribution >= 0.6 is 0 Å². The third-order valence-electron chi connectivity index (χ3n) is 6.71. The summed E-state index contributed by atoms with van der Waals surface area (Å²) < 4.78 is 3.50. The van der Waals surface area contributed by atoms with Crippen LogP contribution in [0.15, 0.2) is 59.4 Å². The van der Waals surface area contributed by atoms with Crippen LogP contribution in [0.4, 0.5) is 5.69 Å². The zero-order chi connectivity index (χ0) is 23.3. The standard InChI is InChI=1S/C26H26N4O3/c1-17(31)18-8-10-19(11-9-18)29-12-14-30(15-13-29)26(33)23-16-21-24(27(23)2)20-6-4-5-7-22(20)28(3)25(21)32/h4-11,16H,12-15H2,1-3H3. The van der Waals surface area contributed by atoms with Crippen LogP contribution in [0.1, 0.15) is 27.8 Å². The van der Waals surface area contributed by atoms with Crippen molar-refractivity contribution in [3.05, 3.63) is 76.2 Å². The van der Waals surface area contributed by atoms with Gasteiger partial charge >= 0.3 is 0 Å². The van der Waals surface area contributed by atoms with Crippen molar-refractivity contribution in [3.8, 4) is 0 Å². The highest BCUT2D eigenvalue weighted by atomic mass is 16.2. The fourth-order valence-corrected chi connectivity index (χ4v) is 4.79. The smallest absolute Gasteiger partial charge is 0.270 e. The second kappa shape index (κ2) is 7.92. The van der Waals surface area contributed by atoms with Gasteiger partial charge in [0, 0.05) is 56.9 Å². The molecule has 7 heteroatoms. The molecule has 2 aromatic heterocycles. The Balaban J connectivity index is 1.41. The van der Waals surface area contributed by atoms with Gasteiger partial charge in [-0.15, -0.1) is 0 Å². The number of amides is 1. The van der Waals surface area contributed by atoms with Gasteiger partial charge in [-0.25, -0.2) is 0 Å². The number of rotatable bonds is 3. The van der Waals surface area contributed by atoms with Crippen molar-refractivity contribution in [2.75, 3.05) is 31.1 Å². The monoisotopic (exact) mass is 442 g/mol. The number of hydrogen-bond donors (Lipinski definition) is 0. The number of carbonyl (C=O) groups is 2. The molecule has 168 valence electrons. The molecule has 0 unspecified atom stereocenters. The minimum Gasteiger partial charge on any atom is -0.368 e. The number of fused-ring (bicyclic) bond motifs is 3. The van der Waals surface area contributed by atoms with E-state index in [1.54, 1.807) is 24.6 Å². The quantitative estimate of drug-likeness (QED) is 0.457. The summed E-state index contributed by atoms with van der Waals surface area (Å²) in [6, 6.07) is 17.1. The number of benzene rings is 2. The highest BCUT2D eigenvalue weighted by molar-refractivity contribution is 6.08. The van der Waals surface area contributed by atoms with E-state index in [-0.39, 0.29) is 17.2 Å². The van der Waals surface area contributed by atoms with Crippen LogP contribution in [0.3, 0.4) is 0 Å². The van der Waals surface area contributed by atoms with Crippen LogP contribution in [-0.2, 0) is 14.1 Å². The Bertz CT molecular complexity index is 1460. The number of Topliss-reactive ketones (excluding diaryl/α,β-unsaturated/α-hetero) is 1. The summed E-state index contributed by atoms with van der Waals surface area (Å²) in [5.41, 5.74) is 3.81. The first-order chi connectivity index (χ1) is 15.9. The van der Waals surface area contributed by atoms with E-state index in [4.69, 9.17) is 0 Å². The summed E-state index contributed by atoms with van der Waals surface area (Å²) in [6.45, 7) is 4.16. The number of para-hydroxylation sites is 1. The van der Waals surface area contributed by atoms with E-state index in [2.05, 4.69) is 4.90 Å². The van der Waals surface area contributed by atoms with E-state index in [0.717, 1.165) is 22.1 Å². The first-order valence-corrected chi connectivity index (χ1v) is 11.1. The second-order valence-electron chi connectivity index (χ2n) is 8.61. The molecule has 0 N–H and O–H groups in total. The van der Waals surface area contributed by atoms with E-state index in [9.17, 15) is 14.4 Å². The molecule has 1 aliphatic rings. The lowest BCUT2D eigenvalue weighted by atomic mass is 10.1. The molecule has 4 aromatic rings. The third-order valence-corrected chi connectivity index (χ3v) is 6.71. The highest BCUT2D eigenvalue weighted by Gasteiger charge is 2.26. The average Bonchev–Trinajstić information content (AvgIpc) is 3.19. The lowest BCUT2D eigenvalue weighted by molar-refractivity contribution is 0.0737. The molecule has 0 aliphatic carbocycles. The first kappa shape index (κ1) is 21.0. The lowest BCUT2D eigenvalue weighted by Gasteiger charge is -2.36. The SMILES string of the molecule is CC(=O)c1ccc(N2CCN(C(=O)c3cc4c(=O)n(C)c5ccccc5c4n3C)CC2)cc1. The summed E-state index contributed by atoms with van der Waals surface area (Å²) in [4.78, 5) is 42.0. The fourth-order valence-electron chi connectivity index (χ4n) is 4.79. The van der Waals surface area contributed by atoms with Gasteiger partial charge in [-0.3, -0.25) is 14.4 Å². The van der Waals surface area contributed by atoms with Crippen LogP contribution in [-0.4, -0.2) is 51.9 Å². The maximum absolute atomic E-state index is 13.4. The van der Waals surface area contributed by atoms with Crippen LogP contribution in [0.2, 0.25) is 0 Å². The summed E-state index contributed by atoms with van der Waals surface area (Å²) in [6.07, 6.45) is 0. The molecule has 7 nitrogen and oxygen atoms in total. The van der Waals surface area contributed by atoms with E-state index in [0.29, 0.717) is 42.8 Å². The number of hydrogen-bond acceptors (Lipinski definition) is 4. The highest BCUT2D eigenvalue weighted by Crippen LogP contribution is 2.26. The molecule has 0 spiro atoms. The molecule has 1 fully saturated rings. The molecular formula is C26H26N4O3. The van der Waals surface area contributed by atoms with Gasteiger partial charge < -0.3 is 18.9 Å². The summed E-state index contributed by atoms with van der Waals surface area (Å²) >= 11 is 0. The van der Waals surface area contributed by atoms with E-state index >= 15 is 0 Å². The second-order valence-corrected chi connectivity index (χ2v) is 8.61. The molecule has 0 atom stereocenters. The summed E-state index contributed by atoms with van der Waals surface area (Å²) in [7, 11) is 3.62. The topological polar surface area (TPSA) is 67.6 Å². The Morgan fingerprint density at radius 1 is 0.818 bits per heavy atom. The number of carbonyl (C=O) groups excluding carboxylic acids is 2. The molecule has 5 rings (SSSR count). The lowest BCUT2D eigenvalue weighted by Crippen LogP contribution is -2.49. The van der Waals surface area contributed by atoms with Crippen molar-refractivity contribution < 1.29 is 9.59 Å². The van der Waals surface area contributed by atoms with Crippen molar-refractivity contribution in [2.45, 2.75) is 6.92 Å². The zero-order valence-corrected chi connectivity index (χ0v) is 19.0. The Labute approximate surface area is 191 Å². The van der Waals surface area contributed by atoms with E-state index < -0.39 is 0 Å². The Morgan fingerprint density at radius 3 is 2.15 bits per heavy atom. The van der Waals surface area contributed by atoms with Gasteiger partial charge in [-0.1, -0.05) is 18.2 Å². The number of aryl methyl sites for hydroxylation is 2. The van der Waals surface area contributed by atoms with Gasteiger partial charge in [0.15, 0.2) is 5.78 Å². The number of anilines is 1. The van der Waals surface area contributed by atoms with Crippen molar-refractivity contribution in [2.24, 2.45) is 14.1 Å². The van der Waals surface area contributed by atoms with Crippen LogP contribution in [0, 0.1) is 0 Å². The molecule has 1 saturated heterocycles. The number of aromatic nitrogens is 2. The van der Waals surface area contributed by atoms with Crippen molar-refractivity contribution in [3.63, 3.8) is 0 Å². The predicted octanol–water partition coefficient (Wildman–Crippen LogP) is 3.20. The molecule has 0 saturated carbocycles. The molecule has 1 aliphatic heterocycles. The minimum atomic E-state index is -0.0998. The zero-order valence-electron chi connectivity index (χ0n) is 19.0. The normalized spacial score (nSPS) is 14.3. The minimum absolute atomic E-state index is 0.0505. The third kappa shape index (κ3) is 3.40. The van der Waals surface area contributed by atoms with E-state index in [1.165, 1.54) is 0 Å². The molecule has 3 heterocycles. The molecule has 1 amide bonds. The van der Waals surface area contributed by atoms with E-state index in [1.807, 2.05) is 65.0 Å². The van der Waals surface area contributed by atoms with Crippen molar-refractivity contribution >= 4 is 39.2 Å². The molecule has 2 aromatic carbocycles. The van der Waals surface area contributed by atoms with Gasteiger partial charge in [-0.05, 0) is 43.3 Å². The maximum Gasteiger partial charge on any atom is 0.270 e. The van der Waals surface area contributed by atoms with Crippen molar-refractivity contribution in [1.82, 2.24) is 14.0 Å². The fraction of sp³-hybridized carbons (Fsp3) is 0.269. The average molecular weight is 443 g/mol. The number of ketones is 1. The Morgan fingerprint density at radius 2 is 1.48 bits per heavy atom. The maximum atomic E-state index is 13.4. The molecule has 0 bridgehead atoms.